The Morgan fingerprint density at radius 3 is 2.39 bits per heavy atom. The van der Waals surface area contributed by atoms with E-state index in [0.717, 1.165) is 32.2 Å². The molecule has 1 amide bonds. The summed E-state index contributed by atoms with van der Waals surface area (Å²) in [7, 11) is 1.67. The third kappa shape index (κ3) is 7.09. The lowest BCUT2D eigenvalue weighted by Gasteiger charge is -2.49. The summed E-state index contributed by atoms with van der Waals surface area (Å²) >= 11 is 0. The van der Waals surface area contributed by atoms with Gasteiger partial charge >= 0.3 is 6.18 Å². The van der Waals surface area contributed by atoms with Gasteiger partial charge in [0.2, 0.25) is 5.91 Å². The molecule has 0 spiro atoms. The van der Waals surface area contributed by atoms with E-state index in [1.165, 1.54) is 0 Å². The van der Waals surface area contributed by atoms with E-state index >= 15 is 4.39 Å². The number of rotatable bonds is 7. The average Bonchev–Trinajstić information content (AvgIpc) is 2.88. The van der Waals surface area contributed by atoms with Gasteiger partial charge < -0.3 is 10.1 Å². The van der Waals surface area contributed by atoms with E-state index in [-0.39, 0.29) is 30.7 Å². The fourth-order valence-electron chi connectivity index (χ4n) is 6.68. The maximum atomic E-state index is 15.8. The zero-order valence-corrected chi connectivity index (χ0v) is 21.3. The molecule has 7 nitrogen and oxygen atoms in total. The Kier molecular flexibility index (Phi) is 9.87. The Bertz CT molecular complexity index is 698. The summed E-state index contributed by atoms with van der Waals surface area (Å²) in [5.41, 5.74) is 0. The summed E-state index contributed by atoms with van der Waals surface area (Å²) in [5.74, 6) is -0.139. The van der Waals surface area contributed by atoms with Crippen LogP contribution in [-0.4, -0.2) is 81.5 Å². The van der Waals surface area contributed by atoms with Gasteiger partial charge in [0.25, 0.3) is 0 Å². The van der Waals surface area contributed by atoms with Crippen LogP contribution in [0.5, 0.6) is 0 Å². The van der Waals surface area contributed by atoms with Crippen LogP contribution < -0.4 is 21.3 Å². The molecule has 4 rings (SSSR count). The lowest BCUT2D eigenvalue weighted by molar-refractivity contribution is -0.187. The van der Waals surface area contributed by atoms with Crippen LogP contribution in [0.15, 0.2) is 0 Å². The molecular formula is C25H43F4N5O2. The number of carbonyl (C=O) groups is 1. The summed E-state index contributed by atoms with van der Waals surface area (Å²) in [6.07, 6.45) is -0.323. The van der Waals surface area contributed by atoms with Crippen molar-refractivity contribution >= 4 is 5.91 Å². The second-order valence-electron chi connectivity index (χ2n) is 11.2. The molecule has 3 unspecified atom stereocenters. The van der Waals surface area contributed by atoms with Crippen LogP contribution in [0.2, 0.25) is 0 Å². The topological polar surface area (TPSA) is 77.7 Å². The Labute approximate surface area is 211 Å². The minimum Gasteiger partial charge on any atom is -0.378 e. The number of nitrogens with one attached hydrogen (secondary N) is 4. The Balaban J connectivity index is 1.27. The summed E-state index contributed by atoms with van der Waals surface area (Å²) in [6.45, 7) is 2.71. The predicted molar refractivity (Wildman–Crippen MR) is 129 cm³/mol. The first-order chi connectivity index (χ1) is 17.3. The van der Waals surface area contributed by atoms with Gasteiger partial charge in [-0.25, -0.2) is 4.39 Å². The number of morpholine rings is 1. The minimum absolute atomic E-state index is 0.0713. The highest BCUT2D eigenvalue weighted by atomic mass is 19.4. The van der Waals surface area contributed by atoms with Crippen LogP contribution in [0.1, 0.15) is 57.8 Å². The fourth-order valence-corrected chi connectivity index (χ4v) is 6.68. The van der Waals surface area contributed by atoms with Crippen molar-refractivity contribution < 1.29 is 27.1 Å². The summed E-state index contributed by atoms with van der Waals surface area (Å²) in [5, 5.41) is 12.6. The van der Waals surface area contributed by atoms with Crippen LogP contribution in [0, 0.1) is 23.7 Å². The molecule has 4 aliphatic rings. The van der Waals surface area contributed by atoms with Crippen molar-refractivity contribution in [1.29, 1.82) is 0 Å². The van der Waals surface area contributed by atoms with E-state index in [2.05, 4.69) is 26.2 Å². The lowest BCUT2D eigenvalue weighted by Crippen LogP contribution is -2.71. The molecule has 2 aliphatic heterocycles. The second-order valence-corrected chi connectivity index (χ2v) is 11.2. The van der Waals surface area contributed by atoms with Crippen molar-refractivity contribution in [1.82, 2.24) is 26.2 Å². The first kappa shape index (κ1) is 28.0. The molecule has 0 aromatic rings. The van der Waals surface area contributed by atoms with Crippen molar-refractivity contribution in [2.45, 2.75) is 88.5 Å². The number of hydrogen-bond donors (Lipinski definition) is 4. The van der Waals surface area contributed by atoms with Crippen LogP contribution >= 0.6 is 0 Å². The molecule has 36 heavy (non-hydrogen) atoms. The smallest absolute Gasteiger partial charge is 0.378 e. The van der Waals surface area contributed by atoms with Crippen molar-refractivity contribution in [3.05, 3.63) is 0 Å². The second kappa shape index (κ2) is 12.7. The van der Waals surface area contributed by atoms with Crippen LogP contribution in [0.4, 0.5) is 17.6 Å². The molecular weight excluding hydrogens is 478 g/mol. The summed E-state index contributed by atoms with van der Waals surface area (Å²) in [4.78, 5) is 13.8. The van der Waals surface area contributed by atoms with E-state index in [1.54, 1.807) is 7.05 Å². The predicted octanol–water partition coefficient (Wildman–Crippen LogP) is 2.73. The molecule has 2 saturated carbocycles. The molecule has 208 valence electrons. The van der Waals surface area contributed by atoms with Crippen LogP contribution in [0.25, 0.3) is 0 Å². The van der Waals surface area contributed by atoms with E-state index < -0.39 is 30.6 Å². The molecule has 0 aromatic carbocycles. The lowest BCUT2D eigenvalue weighted by atomic mass is 9.77. The molecule has 4 fully saturated rings. The fraction of sp³-hybridized carbons (Fsp3) is 0.960. The van der Waals surface area contributed by atoms with Gasteiger partial charge in [0.05, 0.1) is 31.5 Å². The molecule has 0 aromatic heterocycles. The summed E-state index contributed by atoms with van der Waals surface area (Å²) in [6, 6.07) is -0.0713. The maximum absolute atomic E-state index is 15.8. The normalized spacial score (nSPS) is 39.0. The minimum atomic E-state index is -4.13. The molecule has 2 heterocycles. The highest BCUT2D eigenvalue weighted by Gasteiger charge is 2.46. The highest BCUT2D eigenvalue weighted by Crippen LogP contribution is 2.42. The zero-order chi connectivity index (χ0) is 25.7. The average molecular weight is 522 g/mol. The number of nitrogens with zero attached hydrogens (tertiary/aromatic N) is 1. The number of amides is 1. The van der Waals surface area contributed by atoms with E-state index in [0.29, 0.717) is 57.5 Å². The standard InChI is InChI=1S/C25H43F4N5O2/c1-30-21(35)12-16-2-4-17(5-3-16)13-31-23-22(26)24(33-15-32-23)34-10-11-36-14-20(34)18-6-8-19(9-7-18)25(27,28)29/h16-20,22-24,31-33H,2-15H2,1H3,(H,30,35)/t16?,17?,18?,19?,20-,22?,23?,24?/m1/s1. The van der Waals surface area contributed by atoms with Gasteiger partial charge in [-0.05, 0) is 75.7 Å². The Morgan fingerprint density at radius 2 is 1.72 bits per heavy atom. The third-order valence-corrected chi connectivity index (χ3v) is 8.94. The number of hydrogen-bond acceptors (Lipinski definition) is 6. The highest BCUT2D eigenvalue weighted by molar-refractivity contribution is 5.75. The molecule has 4 N–H and O–H groups in total. The molecule has 2 aliphatic carbocycles. The van der Waals surface area contributed by atoms with Gasteiger partial charge in [-0.2, -0.15) is 13.2 Å². The van der Waals surface area contributed by atoms with E-state index in [1.807, 2.05) is 0 Å². The Morgan fingerprint density at radius 1 is 1.03 bits per heavy atom. The van der Waals surface area contributed by atoms with Gasteiger partial charge in [0.1, 0.15) is 0 Å². The van der Waals surface area contributed by atoms with Crippen LogP contribution in [-0.2, 0) is 9.53 Å². The first-order valence-corrected chi connectivity index (χ1v) is 13.7. The largest absolute Gasteiger partial charge is 0.391 e. The van der Waals surface area contributed by atoms with Crippen molar-refractivity contribution in [2.75, 3.05) is 40.0 Å². The Hall–Kier alpha value is -1.01. The van der Waals surface area contributed by atoms with Crippen molar-refractivity contribution in [2.24, 2.45) is 23.7 Å². The van der Waals surface area contributed by atoms with E-state index in [9.17, 15) is 18.0 Å². The molecule has 4 atom stereocenters. The zero-order valence-electron chi connectivity index (χ0n) is 21.3. The number of alkyl halides is 4. The molecule has 0 bridgehead atoms. The maximum Gasteiger partial charge on any atom is 0.391 e. The van der Waals surface area contributed by atoms with Crippen molar-refractivity contribution in [3.63, 3.8) is 0 Å². The van der Waals surface area contributed by atoms with Gasteiger partial charge in [0.15, 0.2) is 6.17 Å². The quantitative estimate of drug-likeness (QED) is 0.386. The van der Waals surface area contributed by atoms with Gasteiger partial charge in [-0.15, -0.1) is 0 Å². The van der Waals surface area contributed by atoms with Gasteiger partial charge in [-0.1, -0.05) is 0 Å². The van der Waals surface area contributed by atoms with Gasteiger partial charge in [0, 0.05) is 32.7 Å². The number of carbonyl (C=O) groups excluding carboxylic acids is 1. The van der Waals surface area contributed by atoms with Gasteiger partial charge in [-0.3, -0.25) is 25.6 Å². The number of ether oxygens (including phenoxy) is 1. The van der Waals surface area contributed by atoms with Crippen molar-refractivity contribution in [3.8, 4) is 0 Å². The first-order valence-electron chi connectivity index (χ1n) is 13.7. The molecule has 11 heteroatoms. The molecule has 0 radical (unpaired) electrons. The molecule has 2 saturated heterocycles. The van der Waals surface area contributed by atoms with Crippen LogP contribution in [0.3, 0.4) is 0 Å². The number of halogens is 4. The third-order valence-electron chi connectivity index (χ3n) is 8.94. The monoisotopic (exact) mass is 521 g/mol. The summed E-state index contributed by atoms with van der Waals surface area (Å²) < 4.78 is 60.9. The SMILES string of the molecule is CNC(=O)CC1CCC(CNC2NCNC(N3CCOC[C@@H]3C3CCC(C(F)(F)F)CC3)C2F)CC1. The van der Waals surface area contributed by atoms with E-state index in [4.69, 9.17) is 4.74 Å².